The van der Waals surface area contributed by atoms with Gasteiger partial charge in [-0.2, -0.15) is 5.10 Å². The van der Waals surface area contributed by atoms with E-state index in [4.69, 9.17) is 21.1 Å². The van der Waals surface area contributed by atoms with Crippen molar-refractivity contribution in [3.05, 3.63) is 71.3 Å². The Morgan fingerprint density at radius 1 is 1.14 bits per heavy atom. The summed E-state index contributed by atoms with van der Waals surface area (Å²) in [5, 5.41) is 6.88. The summed E-state index contributed by atoms with van der Waals surface area (Å²) in [6.45, 7) is 4.15. The van der Waals surface area contributed by atoms with Gasteiger partial charge in [0.15, 0.2) is 11.5 Å². The third-order valence-corrected chi connectivity index (χ3v) is 3.75. The normalized spacial score (nSPS) is 10.4. The number of hydrogen-bond donors (Lipinski definition) is 2. The van der Waals surface area contributed by atoms with Crippen LogP contribution < -0.4 is 20.2 Å². The number of benzene rings is 2. The average Bonchev–Trinajstić information content (AvgIpc) is 2.71. The fraction of sp³-hybridized carbons (Fsp3) is 0.150. The van der Waals surface area contributed by atoms with E-state index < -0.39 is 11.8 Å². The Hall–Kier alpha value is -3.32. The first-order valence-electron chi connectivity index (χ1n) is 8.31. The molecule has 2 aromatic rings. The second-order valence-electron chi connectivity index (χ2n) is 5.52. The molecule has 0 heterocycles. The number of methoxy groups -OCH3 is 1. The Bertz CT molecular complexity index is 866. The summed E-state index contributed by atoms with van der Waals surface area (Å²) in [5.41, 5.74) is 3.65. The number of amides is 2. The van der Waals surface area contributed by atoms with Gasteiger partial charge in [-0.3, -0.25) is 9.59 Å². The highest BCUT2D eigenvalue weighted by Gasteiger charge is 2.12. The van der Waals surface area contributed by atoms with Crippen LogP contribution in [0.5, 0.6) is 11.5 Å². The Morgan fingerprint density at radius 3 is 2.57 bits per heavy atom. The number of nitrogens with one attached hydrogen (secondary N) is 2. The average molecular weight is 402 g/mol. The highest BCUT2D eigenvalue weighted by molar-refractivity contribution is 6.35. The summed E-state index contributed by atoms with van der Waals surface area (Å²) >= 11 is 5.80. The summed E-state index contributed by atoms with van der Waals surface area (Å²) in [7, 11) is 1.52. The van der Waals surface area contributed by atoms with Gasteiger partial charge in [-0.05, 0) is 41.5 Å². The largest absolute Gasteiger partial charge is 0.493 e. The number of hydrazone groups is 1. The summed E-state index contributed by atoms with van der Waals surface area (Å²) in [5.74, 6) is -0.594. The predicted molar refractivity (Wildman–Crippen MR) is 108 cm³/mol. The van der Waals surface area contributed by atoms with Gasteiger partial charge < -0.3 is 14.8 Å². The van der Waals surface area contributed by atoms with E-state index in [2.05, 4.69) is 22.4 Å². The smallest absolute Gasteiger partial charge is 0.329 e. The van der Waals surface area contributed by atoms with E-state index in [-0.39, 0.29) is 6.54 Å². The van der Waals surface area contributed by atoms with Gasteiger partial charge >= 0.3 is 11.8 Å². The number of carbonyl (C=O) groups excluding carboxylic acids is 2. The molecular weight excluding hydrogens is 382 g/mol. The molecule has 0 spiro atoms. The molecule has 2 amide bonds. The first kappa shape index (κ1) is 21.0. The highest BCUT2D eigenvalue weighted by atomic mass is 35.5. The molecule has 0 aliphatic heterocycles. The van der Waals surface area contributed by atoms with Crippen molar-refractivity contribution in [2.75, 3.05) is 13.7 Å². The molecule has 0 aliphatic rings. The molecular formula is C20H20ClN3O4. The third-order valence-electron chi connectivity index (χ3n) is 3.50. The van der Waals surface area contributed by atoms with Crippen LogP contribution in [-0.4, -0.2) is 31.7 Å². The molecule has 0 radical (unpaired) electrons. The lowest BCUT2D eigenvalue weighted by Gasteiger charge is -2.09. The topological polar surface area (TPSA) is 89.0 Å². The maximum absolute atomic E-state index is 11.8. The number of hydrogen-bond acceptors (Lipinski definition) is 5. The predicted octanol–water partition coefficient (Wildman–Crippen LogP) is 2.68. The zero-order valence-electron chi connectivity index (χ0n) is 15.3. The van der Waals surface area contributed by atoms with Crippen LogP contribution in [0.2, 0.25) is 5.02 Å². The lowest BCUT2D eigenvalue weighted by Crippen LogP contribution is -2.37. The Morgan fingerprint density at radius 2 is 1.89 bits per heavy atom. The van der Waals surface area contributed by atoms with Gasteiger partial charge in [0.25, 0.3) is 0 Å². The minimum Gasteiger partial charge on any atom is -0.493 e. The molecule has 0 bridgehead atoms. The molecule has 0 atom stereocenters. The van der Waals surface area contributed by atoms with Gasteiger partial charge in [-0.15, -0.1) is 0 Å². The number of rotatable bonds is 8. The van der Waals surface area contributed by atoms with E-state index in [1.807, 2.05) is 0 Å². The van der Waals surface area contributed by atoms with Crippen LogP contribution in [0.1, 0.15) is 11.1 Å². The van der Waals surface area contributed by atoms with Crippen molar-refractivity contribution in [3.8, 4) is 11.5 Å². The van der Waals surface area contributed by atoms with E-state index in [1.165, 1.54) is 13.3 Å². The minimum atomic E-state index is -0.872. The van der Waals surface area contributed by atoms with E-state index in [0.717, 1.165) is 5.56 Å². The molecule has 0 aliphatic carbocycles. The number of carbonyl (C=O) groups is 2. The van der Waals surface area contributed by atoms with E-state index in [0.29, 0.717) is 28.7 Å². The van der Waals surface area contributed by atoms with Crippen LogP contribution in [0.25, 0.3) is 0 Å². The van der Waals surface area contributed by atoms with Crippen LogP contribution in [0.4, 0.5) is 0 Å². The molecule has 2 N–H and O–H groups in total. The van der Waals surface area contributed by atoms with Crippen molar-refractivity contribution >= 4 is 29.6 Å². The molecule has 2 aromatic carbocycles. The van der Waals surface area contributed by atoms with Gasteiger partial charge in [-0.1, -0.05) is 36.4 Å². The fourth-order valence-corrected chi connectivity index (χ4v) is 2.24. The molecule has 0 saturated heterocycles. The molecule has 28 heavy (non-hydrogen) atoms. The van der Waals surface area contributed by atoms with Gasteiger partial charge in [0, 0.05) is 11.6 Å². The molecule has 0 aromatic heterocycles. The standard InChI is InChI=1S/C20H20ClN3O4/c1-3-10-28-17-9-6-15(11-18(17)27-2)13-23-24-20(26)19(25)22-12-14-4-7-16(21)8-5-14/h3-9,11,13H,1,10,12H2,2H3,(H,22,25)(H,24,26)/b23-13-. The molecule has 0 unspecified atom stereocenters. The number of halogens is 1. The first-order chi connectivity index (χ1) is 13.5. The van der Waals surface area contributed by atoms with Gasteiger partial charge in [0.1, 0.15) is 6.61 Å². The Balaban J connectivity index is 1.86. The van der Waals surface area contributed by atoms with Gasteiger partial charge in [0.05, 0.1) is 13.3 Å². The third kappa shape index (κ3) is 6.44. The first-order valence-corrected chi connectivity index (χ1v) is 8.68. The summed E-state index contributed by atoms with van der Waals surface area (Å²) in [6.07, 6.45) is 3.02. The number of ether oxygens (including phenoxy) is 2. The van der Waals surface area contributed by atoms with Crippen LogP contribution in [0.3, 0.4) is 0 Å². The number of nitrogens with zero attached hydrogens (tertiary/aromatic N) is 1. The van der Waals surface area contributed by atoms with E-state index in [9.17, 15) is 9.59 Å². The van der Waals surface area contributed by atoms with Crippen molar-refractivity contribution in [2.24, 2.45) is 5.10 Å². The maximum Gasteiger partial charge on any atom is 0.329 e. The van der Waals surface area contributed by atoms with Crippen molar-refractivity contribution in [1.29, 1.82) is 0 Å². The molecule has 2 rings (SSSR count). The lowest BCUT2D eigenvalue weighted by atomic mass is 10.2. The SMILES string of the molecule is C=CCOc1ccc(/C=N\NC(=O)C(=O)NCc2ccc(Cl)cc2)cc1OC. The summed E-state index contributed by atoms with van der Waals surface area (Å²) in [6, 6.07) is 12.1. The maximum atomic E-state index is 11.8. The van der Waals surface area contributed by atoms with Crippen molar-refractivity contribution in [1.82, 2.24) is 10.7 Å². The highest BCUT2D eigenvalue weighted by Crippen LogP contribution is 2.27. The second kappa shape index (κ2) is 10.7. The van der Waals surface area contributed by atoms with Crippen LogP contribution in [0, 0.1) is 0 Å². The molecule has 0 fully saturated rings. The molecule has 146 valence electrons. The van der Waals surface area contributed by atoms with E-state index >= 15 is 0 Å². The van der Waals surface area contributed by atoms with Crippen molar-refractivity contribution < 1.29 is 19.1 Å². The molecule has 8 heteroatoms. The second-order valence-corrected chi connectivity index (χ2v) is 5.95. The minimum absolute atomic E-state index is 0.205. The lowest BCUT2D eigenvalue weighted by molar-refractivity contribution is -0.139. The van der Waals surface area contributed by atoms with Crippen LogP contribution in [0.15, 0.2) is 60.2 Å². The van der Waals surface area contributed by atoms with E-state index in [1.54, 1.807) is 48.5 Å². The Labute approximate surface area is 168 Å². The quantitative estimate of drug-likeness (QED) is 0.308. The van der Waals surface area contributed by atoms with Crippen molar-refractivity contribution in [2.45, 2.75) is 6.54 Å². The Kier molecular flexibility index (Phi) is 8.05. The monoisotopic (exact) mass is 401 g/mol. The fourth-order valence-electron chi connectivity index (χ4n) is 2.11. The van der Waals surface area contributed by atoms with Gasteiger partial charge in [0.2, 0.25) is 0 Å². The zero-order valence-corrected chi connectivity index (χ0v) is 16.0. The summed E-state index contributed by atoms with van der Waals surface area (Å²) in [4.78, 5) is 23.6. The van der Waals surface area contributed by atoms with Crippen LogP contribution in [-0.2, 0) is 16.1 Å². The summed E-state index contributed by atoms with van der Waals surface area (Å²) < 4.78 is 10.7. The van der Waals surface area contributed by atoms with Gasteiger partial charge in [-0.25, -0.2) is 5.43 Å². The van der Waals surface area contributed by atoms with Crippen molar-refractivity contribution in [3.63, 3.8) is 0 Å². The van der Waals surface area contributed by atoms with Crippen LogP contribution >= 0.6 is 11.6 Å². The molecule has 0 saturated carbocycles. The zero-order chi connectivity index (χ0) is 20.4. The molecule has 7 nitrogen and oxygen atoms in total.